The van der Waals surface area contributed by atoms with Crippen LogP contribution in [0.5, 0.6) is 0 Å². The monoisotopic (exact) mass is 439 g/mol. The van der Waals surface area contributed by atoms with E-state index in [-0.39, 0.29) is 17.6 Å². The van der Waals surface area contributed by atoms with E-state index in [2.05, 4.69) is 10.5 Å². The quantitative estimate of drug-likeness (QED) is 0.646. The van der Waals surface area contributed by atoms with Crippen LogP contribution < -0.4 is 5.32 Å². The molecule has 8 heteroatoms. The molecule has 1 N–H and O–H groups in total. The molecule has 1 aliphatic rings. The molecule has 1 aliphatic heterocycles. The predicted octanol–water partition coefficient (Wildman–Crippen LogP) is 4.11. The number of hydrogen-bond donors (Lipinski definition) is 1. The number of benzene rings is 2. The van der Waals surface area contributed by atoms with Crippen LogP contribution >= 0.6 is 0 Å². The van der Waals surface area contributed by atoms with Gasteiger partial charge >= 0.3 is 0 Å². The van der Waals surface area contributed by atoms with E-state index in [4.69, 9.17) is 4.52 Å². The Balaban J connectivity index is 1.39. The molecule has 1 fully saturated rings. The summed E-state index contributed by atoms with van der Waals surface area (Å²) in [6.07, 6.45) is 1.24. The number of sulfonamides is 1. The number of carbonyl (C=O) groups is 1. The summed E-state index contributed by atoms with van der Waals surface area (Å²) in [5.41, 5.74) is 3.51. The highest BCUT2D eigenvalue weighted by Gasteiger charge is 2.31. The summed E-state index contributed by atoms with van der Waals surface area (Å²) in [5.74, 6) is -0.155. The molecule has 0 spiro atoms. The molecule has 7 nitrogen and oxygen atoms in total. The number of amides is 1. The van der Waals surface area contributed by atoms with Crippen LogP contribution in [0, 0.1) is 13.8 Å². The molecule has 31 heavy (non-hydrogen) atoms. The Morgan fingerprint density at radius 2 is 1.77 bits per heavy atom. The molecule has 162 valence electrons. The molecule has 1 aromatic heterocycles. The van der Waals surface area contributed by atoms with Crippen molar-refractivity contribution in [2.24, 2.45) is 0 Å². The Labute approximate surface area is 182 Å². The fourth-order valence-electron chi connectivity index (χ4n) is 3.86. The number of piperidine rings is 1. The summed E-state index contributed by atoms with van der Waals surface area (Å²) >= 11 is 0. The minimum Gasteiger partial charge on any atom is -0.351 e. The van der Waals surface area contributed by atoms with Crippen molar-refractivity contribution in [2.45, 2.75) is 37.5 Å². The third kappa shape index (κ3) is 4.55. The second-order valence-corrected chi connectivity index (χ2v) is 9.82. The van der Waals surface area contributed by atoms with Crippen LogP contribution in [0.3, 0.4) is 0 Å². The second-order valence-electron chi connectivity index (χ2n) is 7.88. The average molecular weight is 440 g/mol. The van der Waals surface area contributed by atoms with Crippen LogP contribution in [0.15, 0.2) is 64.0 Å². The summed E-state index contributed by atoms with van der Waals surface area (Å²) in [4.78, 5) is 12.9. The first-order valence-electron chi connectivity index (χ1n) is 10.2. The maximum Gasteiger partial charge on any atom is 0.294 e. The molecule has 0 unspecified atom stereocenters. The van der Waals surface area contributed by atoms with E-state index in [1.807, 2.05) is 32.0 Å². The van der Waals surface area contributed by atoms with Gasteiger partial charge in [0.2, 0.25) is 15.8 Å². The van der Waals surface area contributed by atoms with Crippen LogP contribution in [0.2, 0.25) is 0 Å². The zero-order valence-corrected chi connectivity index (χ0v) is 18.4. The first-order valence-corrected chi connectivity index (χ1v) is 11.7. The Hall–Kier alpha value is -2.97. The molecule has 1 saturated heterocycles. The summed E-state index contributed by atoms with van der Waals surface area (Å²) in [6.45, 7) is 4.74. The van der Waals surface area contributed by atoms with E-state index in [1.165, 1.54) is 4.31 Å². The van der Waals surface area contributed by atoms with Gasteiger partial charge < -0.3 is 9.84 Å². The number of rotatable bonds is 5. The van der Waals surface area contributed by atoms with Crippen LogP contribution in [-0.4, -0.2) is 36.9 Å². The first kappa shape index (κ1) is 21.3. The van der Waals surface area contributed by atoms with Crippen molar-refractivity contribution in [2.75, 3.05) is 18.4 Å². The zero-order chi connectivity index (χ0) is 22.0. The molecular formula is C23H25N3O4S. The van der Waals surface area contributed by atoms with Gasteiger partial charge in [0.1, 0.15) is 0 Å². The van der Waals surface area contributed by atoms with Gasteiger partial charge in [-0.15, -0.1) is 0 Å². The lowest BCUT2D eigenvalue weighted by atomic mass is 9.94. The van der Waals surface area contributed by atoms with Crippen molar-refractivity contribution < 1.29 is 17.7 Å². The zero-order valence-electron chi connectivity index (χ0n) is 17.5. The third-order valence-corrected chi connectivity index (χ3v) is 7.55. The number of anilines is 1. The summed E-state index contributed by atoms with van der Waals surface area (Å²) in [7, 11) is -3.49. The Morgan fingerprint density at radius 1 is 1.06 bits per heavy atom. The van der Waals surface area contributed by atoms with Gasteiger partial charge in [0.25, 0.3) is 5.91 Å². The topological polar surface area (TPSA) is 92.5 Å². The van der Waals surface area contributed by atoms with Crippen molar-refractivity contribution in [1.29, 1.82) is 0 Å². The molecule has 1 amide bonds. The van der Waals surface area contributed by atoms with E-state index < -0.39 is 10.0 Å². The van der Waals surface area contributed by atoms with Gasteiger partial charge in [-0.25, -0.2) is 8.42 Å². The average Bonchev–Trinajstić information content (AvgIpc) is 3.27. The van der Waals surface area contributed by atoms with Gasteiger partial charge in [0.15, 0.2) is 0 Å². The van der Waals surface area contributed by atoms with Gasteiger partial charge in [-0.05, 0) is 50.5 Å². The van der Waals surface area contributed by atoms with E-state index in [9.17, 15) is 13.2 Å². The number of nitrogens with one attached hydrogen (secondary N) is 1. The molecule has 0 bridgehead atoms. The smallest absolute Gasteiger partial charge is 0.294 e. The summed E-state index contributed by atoms with van der Waals surface area (Å²) in [5, 5.41) is 6.94. The molecule has 4 rings (SSSR count). The Morgan fingerprint density at radius 3 is 2.45 bits per heavy atom. The summed E-state index contributed by atoms with van der Waals surface area (Å²) < 4.78 is 32.4. The van der Waals surface area contributed by atoms with Crippen molar-refractivity contribution in [3.8, 4) is 0 Å². The van der Waals surface area contributed by atoms with E-state index in [1.54, 1.807) is 36.4 Å². The number of hydrogen-bond acceptors (Lipinski definition) is 5. The van der Waals surface area contributed by atoms with Crippen LogP contribution in [-0.2, 0) is 10.0 Å². The molecule has 0 aliphatic carbocycles. The lowest BCUT2D eigenvalue weighted by molar-refractivity contribution is 0.0987. The Kier molecular flexibility index (Phi) is 5.93. The highest BCUT2D eigenvalue weighted by molar-refractivity contribution is 7.89. The predicted molar refractivity (Wildman–Crippen MR) is 118 cm³/mol. The highest BCUT2D eigenvalue weighted by Crippen LogP contribution is 2.30. The normalized spacial score (nSPS) is 15.7. The molecule has 0 atom stereocenters. The largest absolute Gasteiger partial charge is 0.351 e. The van der Waals surface area contributed by atoms with Crippen molar-refractivity contribution in [1.82, 2.24) is 9.46 Å². The van der Waals surface area contributed by atoms with E-state index in [0.29, 0.717) is 36.5 Å². The first-order chi connectivity index (χ1) is 14.8. The van der Waals surface area contributed by atoms with Crippen LogP contribution in [0.4, 0.5) is 5.69 Å². The number of aromatic nitrogens is 1. The minimum absolute atomic E-state index is 0.0497. The maximum absolute atomic E-state index is 12.8. The maximum atomic E-state index is 12.8. The van der Waals surface area contributed by atoms with Gasteiger partial charge in [0, 0.05) is 30.8 Å². The highest BCUT2D eigenvalue weighted by atomic mass is 32.2. The molecule has 2 aromatic carbocycles. The van der Waals surface area contributed by atoms with Crippen molar-refractivity contribution >= 4 is 21.6 Å². The number of nitrogens with zero attached hydrogens (tertiary/aromatic N) is 2. The standard InChI is InChI=1S/C23H25N3O4S/c1-16-8-9-20(17(2)14-16)24-23(27)22-15-21(25-30-22)18-10-12-26(13-11-18)31(28,29)19-6-4-3-5-7-19/h3-9,14-15,18H,10-13H2,1-2H3,(H,24,27). The Bertz CT molecular complexity index is 1180. The fourth-order valence-corrected chi connectivity index (χ4v) is 5.35. The van der Waals surface area contributed by atoms with Gasteiger partial charge in [0.05, 0.1) is 10.6 Å². The lowest BCUT2D eigenvalue weighted by Gasteiger charge is -2.30. The number of carbonyl (C=O) groups excluding carboxylic acids is 1. The SMILES string of the molecule is Cc1ccc(NC(=O)c2cc(C3CCN(S(=O)(=O)c4ccccc4)CC3)no2)c(C)c1. The van der Waals surface area contributed by atoms with Gasteiger partial charge in [-0.2, -0.15) is 4.31 Å². The molecular weight excluding hydrogens is 414 g/mol. The van der Waals surface area contributed by atoms with E-state index in [0.717, 1.165) is 16.8 Å². The fraction of sp³-hybridized carbons (Fsp3) is 0.304. The van der Waals surface area contributed by atoms with E-state index >= 15 is 0 Å². The molecule has 0 saturated carbocycles. The summed E-state index contributed by atoms with van der Waals surface area (Å²) in [6, 6.07) is 15.9. The molecule has 0 radical (unpaired) electrons. The van der Waals surface area contributed by atoms with Crippen LogP contribution in [0.1, 0.15) is 46.1 Å². The minimum atomic E-state index is -3.49. The van der Waals surface area contributed by atoms with Gasteiger partial charge in [-0.3, -0.25) is 4.79 Å². The molecule has 3 aromatic rings. The molecule has 2 heterocycles. The van der Waals surface area contributed by atoms with Crippen LogP contribution in [0.25, 0.3) is 0 Å². The number of aryl methyl sites for hydroxylation is 2. The second kappa shape index (κ2) is 8.64. The third-order valence-electron chi connectivity index (χ3n) is 5.64. The van der Waals surface area contributed by atoms with Gasteiger partial charge in [-0.1, -0.05) is 41.1 Å². The lowest BCUT2D eigenvalue weighted by Crippen LogP contribution is -2.37. The van der Waals surface area contributed by atoms with Crippen molar-refractivity contribution in [3.63, 3.8) is 0 Å². The van der Waals surface area contributed by atoms with Crippen molar-refractivity contribution in [3.05, 3.63) is 77.2 Å².